The molecule has 0 heterocycles. The normalized spacial score (nSPS) is 11.6. The lowest BCUT2D eigenvalue weighted by molar-refractivity contribution is -0.160. The lowest BCUT2D eigenvalue weighted by atomic mass is 10.2. The molecule has 0 rings (SSSR count). The molecule has 0 saturated carbocycles. The molecule has 0 aliphatic heterocycles. The van der Waals surface area contributed by atoms with Gasteiger partial charge in [-0.25, -0.2) is 9.79 Å². The third-order valence-electron chi connectivity index (χ3n) is 1.64. The van der Waals surface area contributed by atoms with Gasteiger partial charge in [0.15, 0.2) is 12.0 Å². The van der Waals surface area contributed by atoms with Gasteiger partial charge in [-0.15, -0.1) is 0 Å². The first-order chi connectivity index (χ1) is 7.01. The van der Waals surface area contributed by atoms with Crippen LogP contribution in [0.2, 0.25) is 0 Å². The smallest absolute Gasteiger partial charge is 0.338 e. The number of aliphatic imine (C=N–C) groups is 1. The van der Waals surface area contributed by atoms with Crippen LogP contribution in [0.25, 0.3) is 0 Å². The molecule has 0 amide bonds. The summed E-state index contributed by atoms with van der Waals surface area (Å²) in [5, 5.41) is 0. The number of carbonyl (C=O) groups is 2. The Morgan fingerprint density at radius 3 is 2.33 bits per heavy atom. The van der Waals surface area contributed by atoms with Gasteiger partial charge in [0.05, 0.1) is 0 Å². The molecule has 0 spiro atoms. The molecule has 0 fully saturated rings. The zero-order chi connectivity index (χ0) is 11.8. The lowest BCUT2D eigenvalue weighted by Crippen LogP contribution is -2.31. The van der Waals surface area contributed by atoms with Crippen molar-refractivity contribution in [3.05, 3.63) is 0 Å². The van der Waals surface area contributed by atoms with E-state index >= 15 is 0 Å². The molecule has 0 bridgehead atoms. The summed E-state index contributed by atoms with van der Waals surface area (Å²) in [6, 6.07) is -0.782. The number of esters is 2. The Morgan fingerprint density at radius 2 is 1.93 bits per heavy atom. The highest BCUT2D eigenvalue weighted by Gasteiger charge is 2.20. The maximum Gasteiger partial charge on any atom is 0.338 e. The van der Waals surface area contributed by atoms with E-state index in [1.807, 2.05) is 6.92 Å². The Kier molecular flexibility index (Phi) is 6.08. The quantitative estimate of drug-likeness (QED) is 0.288. The molecule has 86 valence electrons. The molecule has 1 unspecified atom stereocenters. The SMILES string of the molecule is CCCC(N=C(N)N)C(=O)OC(=O)CC. The van der Waals surface area contributed by atoms with E-state index in [-0.39, 0.29) is 12.4 Å². The van der Waals surface area contributed by atoms with Gasteiger partial charge in [0.2, 0.25) is 0 Å². The predicted octanol–water partition coefficient (Wildman–Crippen LogP) is -0.0917. The summed E-state index contributed by atoms with van der Waals surface area (Å²) in [7, 11) is 0. The van der Waals surface area contributed by atoms with Crippen LogP contribution in [0.3, 0.4) is 0 Å². The molecule has 0 radical (unpaired) electrons. The van der Waals surface area contributed by atoms with Gasteiger partial charge in [-0.1, -0.05) is 20.3 Å². The number of guanidine groups is 1. The molecule has 0 aromatic carbocycles. The van der Waals surface area contributed by atoms with Crippen molar-refractivity contribution >= 4 is 17.9 Å². The third kappa shape index (κ3) is 5.66. The van der Waals surface area contributed by atoms with Crippen LogP contribution in [0.15, 0.2) is 4.99 Å². The van der Waals surface area contributed by atoms with Gasteiger partial charge in [0.25, 0.3) is 0 Å². The monoisotopic (exact) mass is 215 g/mol. The van der Waals surface area contributed by atoms with E-state index in [1.54, 1.807) is 6.92 Å². The molecular weight excluding hydrogens is 198 g/mol. The number of hydrogen-bond donors (Lipinski definition) is 2. The third-order valence-corrected chi connectivity index (χ3v) is 1.64. The Labute approximate surface area is 88.7 Å². The van der Waals surface area contributed by atoms with Crippen LogP contribution in [-0.2, 0) is 14.3 Å². The molecule has 6 nitrogen and oxygen atoms in total. The van der Waals surface area contributed by atoms with Gasteiger partial charge < -0.3 is 16.2 Å². The zero-order valence-corrected chi connectivity index (χ0v) is 9.03. The Balaban J connectivity index is 4.42. The van der Waals surface area contributed by atoms with Crippen LogP contribution in [0.4, 0.5) is 0 Å². The molecule has 0 aliphatic carbocycles. The summed E-state index contributed by atoms with van der Waals surface area (Å²) in [5.41, 5.74) is 10.3. The minimum atomic E-state index is -0.782. The fraction of sp³-hybridized carbons (Fsp3) is 0.667. The van der Waals surface area contributed by atoms with E-state index in [1.165, 1.54) is 0 Å². The fourth-order valence-corrected chi connectivity index (χ4v) is 0.941. The summed E-state index contributed by atoms with van der Waals surface area (Å²) in [6.07, 6.45) is 1.32. The minimum Gasteiger partial charge on any atom is -0.392 e. The molecule has 15 heavy (non-hydrogen) atoms. The van der Waals surface area contributed by atoms with Gasteiger partial charge >= 0.3 is 11.9 Å². The molecule has 0 aliphatic rings. The van der Waals surface area contributed by atoms with Gasteiger partial charge in [-0.2, -0.15) is 0 Å². The van der Waals surface area contributed by atoms with Gasteiger partial charge in [0, 0.05) is 6.42 Å². The summed E-state index contributed by atoms with van der Waals surface area (Å²) in [6.45, 7) is 3.48. The highest BCUT2D eigenvalue weighted by atomic mass is 16.6. The van der Waals surface area contributed by atoms with Crippen molar-refractivity contribution in [1.29, 1.82) is 0 Å². The average molecular weight is 215 g/mol. The number of nitrogens with two attached hydrogens (primary N) is 2. The maximum atomic E-state index is 11.4. The van der Waals surface area contributed by atoms with E-state index in [2.05, 4.69) is 9.73 Å². The van der Waals surface area contributed by atoms with Crippen LogP contribution in [0, 0.1) is 0 Å². The second-order valence-electron chi connectivity index (χ2n) is 3.01. The Bertz CT molecular complexity index is 259. The molecule has 0 saturated heterocycles. The largest absolute Gasteiger partial charge is 0.392 e. The minimum absolute atomic E-state index is 0.145. The van der Waals surface area contributed by atoms with E-state index in [0.29, 0.717) is 6.42 Å². The molecule has 4 N–H and O–H groups in total. The topological polar surface area (TPSA) is 108 Å². The molecule has 0 aromatic heterocycles. The number of nitrogens with zero attached hydrogens (tertiary/aromatic N) is 1. The van der Waals surface area contributed by atoms with Crippen LogP contribution in [0.5, 0.6) is 0 Å². The summed E-state index contributed by atoms with van der Waals surface area (Å²) >= 11 is 0. The summed E-state index contributed by atoms with van der Waals surface area (Å²) < 4.78 is 4.52. The average Bonchev–Trinajstić information content (AvgIpc) is 2.16. The molecule has 6 heteroatoms. The lowest BCUT2D eigenvalue weighted by Gasteiger charge is -2.09. The standard InChI is InChI=1S/C9H17N3O3/c1-3-5-6(12-9(10)11)8(14)15-7(13)4-2/h6H,3-5H2,1-2H3,(H4,10,11,12). The van der Waals surface area contributed by atoms with E-state index in [9.17, 15) is 9.59 Å². The first-order valence-electron chi connectivity index (χ1n) is 4.84. The van der Waals surface area contributed by atoms with Crippen LogP contribution >= 0.6 is 0 Å². The van der Waals surface area contributed by atoms with E-state index in [4.69, 9.17) is 11.5 Å². The van der Waals surface area contributed by atoms with Crippen molar-refractivity contribution in [2.45, 2.75) is 39.2 Å². The van der Waals surface area contributed by atoms with E-state index < -0.39 is 18.0 Å². The summed E-state index contributed by atoms with van der Waals surface area (Å²) in [5.74, 6) is -1.46. The predicted molar refractivity (Wildman–Crippen MR) is 55.9 cm³/mol. The van der Waals surface area contributed by atoms with Crippen molar-refractivity contribution in [1.82, 2.24) is 0 Å². The second kappa shape index (κ2) is 6.80. The number of ether oxygens (including phenoxy) is 1. The van der Waals surface area contributed by atoms with Gasteiger partial charge in [-0.05, 0) is 6.42 Å². The number of carbonyl (C=O) groups excluding carboxylic acids is 2. The van der Waals surface area contributed by atoms with Gasteiger partial charge in [-0.3, -0.25) is 4.79 Å². The molecule has 1 atom stereocenters. The van der Waals surface area contributed by atoms with Crippen molar-refractivity contribution < 1.29 is 14.3 Å². The summed E-state index contributed by atoms with van der Waals surface area (Å²) in [4.78, 5) is 25.9. The van der Waals surface area contributed by atoms with Gasteiger partial charge in [0.1, 0.15) is 0 Å². The number of hydrogen-bond acceptors (Lipinski definition) is 4. The van der Waals surface area contributed by atoms with Crippen LogP contribution in [-0.4, -0.2) is 23.9 Å². The first kappa shape index (κ1) is 13.4. The molecule has 0 aromatic rings. The fourth-order valence-electron chi connectivity index (χ4n) is 0.941. The van der Waals surface area contributed by atoms with E-state index in [0.717, 1.165) is 6.42 Å². The number of rotatable bonds is 5. The van der Waals surface area contributed by atoms with Crippen molar-refractivity contribution in [2.75, 3.05) is 0 Å². The van der Waals surface area contributed by atoms with Crippen LogP contribution < -0.4 is 11.5 Å². The highest BCUT2D eigenvalue weighted by Crippen LogP contribution is 2.04. The Hall–Kier alpha value is -1.59. The first-order valence-corrected chi connectivity index (χ1v) is 4.84. The highest BCUT2D eigenvalue weighted by molar-refractivity contribution is 5.90. The zero-order valence-electron chi connectivity index (χ0n) is 9.03. The van der Waals surface area contributed by atoms with Crippen molar-refractivity contribution in [3.8, 4) is 0 Å². The molecular formula is C9H17N3O3. The Morgan fingerprint density at radius 1 is 1.33 bits per heavy atom. The van der Waals surface area contributed by atoms with Crippen molar-refractivity contribution in [3.63, 3.8) is 0 Å². The van der Waals surface area contributed by atoms with Crippen molar-refractivity contribution in [2.24, 2.45) is 16.5 Å². The maximum absolute atomic E-state index is 11.4. The van der Waals surface area contributed by atoms with Crippen LogP contribution in [0.1, 0.15) is 33.1 Å². The second-order valence-corrected chi connectivity index (χ2v) is 3.01.